The highest BCUT2D eigenvalue weighted by Crippen LogP contribution is 2.28. The molecule has 1 aromatic heterocycles. The van der Waals surface area contributed by atoms with E-state index in [2.05, 4.69) is 15.3 Å². The van der Waals surface area contributed by atoms with Gasteiger partial charge in [0, 0.05) is 18.1 Å². The van der Waals surface area contributed by atoms with Crippen LogP contribution in [0.15, 0.2) is 11.4 Å². The predicted octanol–water partition coefficient (Wildman–Crippen LogP) is 0.838. The second-order valence-electron chi connectivity index (χ2n) is 3.48. The van der Waals surface area contributed by atoms with Crippen LogP contribution in [0.4, 0.5) is 0 Å². The smallest absolute Gasteiger partial charge is 0.154 e. The molecule has 1 fully saturated rings. The number of aromatic nitrogens is 3. The highest BCUT2D eigenvalue weighted by molar-refractivity contribution is 5.89. The minimum Gasteiger partial charge on any atom is -0.205 e. The molecule has 1 saturated carbocycles. The molecule has 2 heterocycles. The number of hydrogen-bond acceptors (Lipinski definition) is 3. The Balaban J connectivity index is 2.09. The lowest BCUT2D eigenvalue weighted by atomic mass is 10.0. The van der Waals surface area contributed by atoms with Crippen molar-refractivity contribution in [3.05, 3.63) is 12.2 Å². The molecule has 0 radical (unpaired) electrons. The maximum atomic E-state index is 4.48. The summed E-state index contributed by atoms with van der Waals surface area (Å²) >= 11 is 0. The molecule has 0 spiro atoms. The molecule has 1 unspecified atom stereocenters. The molecule has 2 aliphatic rings. The van der Waals surface area contributed by atoms with Gasteiger partial charge in [0.2, 0.25) is 0 Å². The third kappa shape index (κ3) is 0.748. The van der Waals surface area contributed by atoms with Gasteiger partial charge in [0.05, 0.1) is 0 Å². The summed E-state index contributed by atoms with van der Waals surface area (Å²) in [6.07, 6.45) is 6.48. The fourth-order valence-electron chi connectivity index (χ4n) is 2.08. The molecule has 1 aromatic rings. The first-order chi connectivity index (χ1) is 5.93. The fraction of sp³-hybridized carbons (Fsp3) is 0.625. The van der Waals surface area contributed by atoms with Gasteiger partial charge < -0.3 is 0 Å². The Morgan fingerprint density at radius 2 is 2.50 bits per heavy atom. The fourth-order valence-corrected chi connectivity index (χ4v) is 2.08. The van der Waals surface area contributed by atoms with Crippen molar-refractivity contribution < 1.29 is 0 Å². The van der Waals surface area contributed by atoms with Crippen molar-refractivity contribution in [2.45, 2.75) is 25.7 Å². The molecule has 0 amide bonds. The summed E-state index contributed by atoms with van der Waals surface area (Å²) < 4.78 is 1.82. The Morgan fingerprint density at radius 1 is 1.50 bits per heavy atom. The second-order valence-corrected chi connectivity index (χ2v) is 3.48. The highest BCUT2D eigenvalue weighted by atomic mass is 15.4. The van der Waals surface area contributed by atoms with Crippen molar-refractivity contribution >= 4 is 5.71 Å². The van der Waals surface area contributed by atoms with Crippen LogP contribution >= 0.6 is 0 Å². The van der Waals surface area contributed by atoms with Crippen molar-refractivity contribution in [3.8, 4) is 0 Å². The summed E-state index contributed by atoms with van der Waals surface area (Å²) in [5.41, 5.74) is 1.35. The van der Waals surface area contributed by atoms with E-state index in [0.29, 0.717) is 5.92 Å². The van der Waals surface area contributed by atoms with Crippen LogP contribution in [0.25, 0.3) is 0 Å². The van der Waals surface area contributed by atoms with Gasteiger partial charge in [-0.1, -0.05) is 0 Å². The lowest BCUT2D eigenvalue weighted by Crippen LogP contribution is -2.19. The van der Waals surface area contributed by atoms with Crippen LogP contribution in [0.3, 0.4) is 0 Å². The molecule has 1 atom stereocenters. The largest absolute Gasteiger partial charge is 0.205 e. The van der Waals surface area contributed by atoms with Crippen molar-refractivity contribution in [2.24, 2.45) is 11.0 Å². The molecule has 1 aliphatic carbocycles. The van der Waals surface area contributed by atoms with E-state index in [0.717, 1.165) is 12.2 Å². The SMILES string of the molecule is c1nnc2n1N=C1CCCC1C2. The van der Waals surface area contributed by atoms with Gasteiger partial charge in [0.25, 0.3) is 0 Å². The average Bonchev–Trinajstić information content (AvgIpc) is 2.64. The van der Waals surface area contributed by atoms with E-state index in [1.165, 1.54) is 25.0 Å². The molecule has 0 N–H and O–H groups in total. The number of hydrogen-bond donors (Lipinski definition) is 0. The van der Waals surface area contributed by atoms with Gasteiger partial charge in [0.15, 0.2) is 5.82 Å². The molecular weight excluding hydrogens is 152 g/mol. The zero-order valence-electron chi connectivity index (χ0n) is 6.77. The average molecular weight is 162 g/mol. The molecule has 3 rings (SSSR count). The Morgan fingerprint density at radius 3 is 3.50 bits per heavy atom. The first kappa shape index (κ1) is 6.34. The van der Waals surface area contributed by atoms with Crippen LogP contribution in [-0.4, -0.2) is 20.6 Å². The number of rotatable bonds is 0. The van der Waals surface area contributed by atoms with E-state index in [1.54, 1.807) is 6.33 Å². The third-order valence-electron chi connectivity index (χ3n) is 2.72. The summed E-state index contributed by atoms with van der Waals surface area (Å²) in [4.78, 5) is 0. The molecule has 0 saturated heterocycles. The van der Waals surface area contributed by atoms with Crippen molar-refractivity contribution in [1.29, 1.82) is 0 Å². The summed E-state index contributed by atoms with van der Waals surface area (Å²) in [6, 6.07) is 0. The molecule has 0 aromatic carbocycles. The van der Waals surface area contributed by atoms with Gasteiger partial charge >= 0.3 is 0 Å². The van der Waals surface area contributed by atoms with E-state index in [-0.39, 0.29) is 0 Å². The van der Waals surface area contributed by atoms with Crippen LogP contribution in [0.1, 0.15) is 25.1 Å². The Labute approximate surface area is 70.3 Å². The number of nitrogens with zero attached hydrogens (tertiary/aromatic N) is 4. The Hall–Kier alpha value is -1.19. The summed E-state index contributed by atoms with van der Waals surface area (Å²) in [5.74, 6) is 1.69. The van der Waals surface area contributed by atoms with Crippen LogP contribution in [0, 0.1) is 5.92 Å². The lowest BCUT2D eigenvalue weighted by Gasteiger charge is -2.15. The molecule has 0 bridgehead atoms. The maximum absolute atomic E-state index is 4.48. The van der Waals surface area contributed by atoms with Crippen molar-refractivity contribution in [2.75, 3.05) is 0 Å². The van der Waals surface area contributed by atoms with Gasteiger partial charge in [-0.05, 0) is 19.3 Å². The second kappa shape index (κ2) is 2.15. The molecular formula is C8H10N4. The first-order valence-corrected chi connectivity index (χ1v) is 4.40. The standard InChI is InChI=1S/C8H10N4/c1-2-6-4-8-10-9-5-12(8)11-7(6)3-1/h5-6H,1-4H2. The highest BCUT2D eigenvalue weighted by Gasteiger charge is 2.28. The third-order valence-corrected chi connectivity index (χ3v) is 2.72. The summed E-state index contributed by atoms with van der Waals surface area (Å²) in [5, 5.41) is 12.3. The zero-order chi connectivity index (χ0) is 7.97. The summed E-state index contributed by atoms with van der Waals surface area (Å²) in [7, 11) is 0. The van der Waals surface area contributed by atoms with E-state index in [1.807, 2.05) is 4.68 Å². The quantitative estimate of drug-likeness (QED) is 0.567. The molecule has 12 heavy (non-hydrogen) atoms. The van der Waals surface area contributed by atoms with Crippen molar-refractivity contribution in [1.82, 2.24) is 14.9 Å². The van der Waals surface area contributed by atoms with Crippen LogP contribution < -0.4 is 0 Å². The molecule has 1 aliphatic heterocycles. The van der Waals surface area contributed by atoms with Gasteiger partial charge in [-0.15, -0.1) is 10.2 Å². The summed E-state index contributed by atoms with van der Waals surface area (Å²) in [6.45, 7) is 0. The van der Waals surface area contributed by atoms with E-state index in [4.69, 9.17) is 0 Å². The Kier molecular flexibility index (Phi) is 1.14. The molecule has 4 heteroatoms. The minimum atomic E-state index is 0.668. The van der Waals surface area contributed by atoms with Crippen LogP contribution in [0.2, 0.25) is 0 Å². The van der Waals surface area contributed by atoms with Gasteiger partial charge in [0.1, 0.15) is 6.33 Å². The number of fused-ring (bicyclic) bond motifs is 2. The minimum absolute atomic E-state index is 0.668. The van der Waals surface area contributed by atoms with Gasteiger partial charge in [-0.3, -0.25) is 0 Å². The Bertz CT molecular complexity index is 339. The van der Waals surface area contributed by atoms with E-state index in [9.17, 15) is 0 Å². The molecule has 62 valence electrons. The van der Waals surface area contributed by atoms with E-state index < -0.39 is 0 Å². The lowest BCUT2D eigenvalue weighted by molar-refractivity contribution is 0.589. The normalized spacial score (nSPS) is 26.3. The van der Waals surface area contributed by atoms with Crippen LogP contribution in [-0.2, 0) is 6.42 Å². The molecule has 4 nitrogen and oxygen atoms in total. The predicted molar refractivity (Wildman–Crippen MR) is 43.9 cm³/mol. The van der Waals surface area contributed by atoms with E-state index >= 15 is 0 Å². The topological polar surface area (TPSA) is 43.1 Å². The zero-order valence-corrected chi connectivity index (χ0v) is 6.77. The van der Waals surface area contributed by atoms with Gasteiger partial charge in [-0.2, -0.15) is 5.10 Å². The van der Waals surface area contributed by atoms with Crippen molar-refractivity contribution in [3.63, 3.8) is 0 Å². The first-order valence-electron chi connectivity index (χ1n) is 4.40. The maximum Gasteiger partial charge on any atom is 0.154 e. The van der Waals surface area contributed by atoms with Gasteiger partial charge in [-0.25, -0.2) is 4.68 Å². The monoisotopic (exact) mass is 162 g/mol. The van der Waals surface area contributed by atoms with Crippen LogP contribution in [0.5, 0.6) is 0 Å².